The van der Waals surface area contributed by atoms with Gasteiger partial charge in [-0.05, 0) is 12.1 Å². The summed E-state index contributed by atoms with van der Waals surface area (Å²) in [6, 6.07) is 5.31. The number of alkyl halides is 3. The highest BCUT2D eigenvalue weighted by Crippen LogP contribution is 2.27. The maximum atomic E-state index is 12.1. The zero-order valence-electron chi connectivity index (χ0n) is 9.24. The Labute approximate surface area is 101 Å². The molecule has 0 radical (unpaired) electrons. The minimum Gasteiger partial charge on any atom is -0.406 e. The van der Waals surface area contributed by atoms with Gasteiger partial charge >= 0.3 is 6.36 Å². The molecule has 7 heteroatoms. The third kappa shape index (κ3) is 3.13. The van der Waals surface area contributed by atoms with Crippen LogP contribution >= 0.6 is 0 Å². The number of nitrogens with zero attached hydrogens (tertiary/aromatic N) is 1. The van der Waals surface area contributed by atoms with E-state index in [9.17, 15) is 18.0 Å². The lowest BCUT2D eigenvalue weighted by Gasteiger charge is -2.27. The fourth-order valence-corrected chi connectivity index (χ4v) is 1.64. The normalized spacial score (nSPS) is 16.8. The Balaban J connectivity index is 2.18. The van der Waals surface area contributed by atoms with E-state index in [0.29, 0.717) is 18.8 Å². The Morgan fingerprint density at radius 2 is 2.11 bits per heavy atom. The van der Waals surface area contributed by atoms with Crippen molar-refractivity contribution in [3.63, 3.8) is 0 Å². The van der Waals surface area contributed by atoms with Crippen LogP contribution in [0, 0.1) is 0 Å². The van der Waals surface area contributed by atoms with Gasteiger partial charge in [0, 0.05) is 18.3 Å². The molecule has 1 heterocycles. The summed E-state index contributed by atoms with van der Waals surface area (Å²) in [5.74, 6) is -0.635. The summed E-state index contributed by atoms with van der Waals surface area (Å²) in [6.07, 6.45) is -4.74. The number of hydrogen-bond acceptors (Lipinski definition) is 3. The lowest BCUT2D eigenvalue weighted by molar-refractivity contribution is -0.274. The summed E-state index contributed by atoms with van der Waals surface area (Å²) < 4.78 is 44.9. The molecule has 1 aromatic carbocycles. The summed E-state index contributed by atoms with van der Waals surface area (Å²) in [5, 5.41) is 0. The molecule has 18 heavy (non-hydrogen) atoms. The van der Waals surface area contributed by atoms with Gasteiger partial charge in [0.25, 0.3) is 5.91 Å². The maximum absolute atomic E-state index is 12.1. The number of rotatable bonds is 2. The van der Waals surface area contributed by atoms with Crippen molar-refractivity contribution in [3.8, 4) is 5.75 Å². The number of amides is 1. The first-order valence-electron chi connectivity index (χ1n) is 5.20. The summed E-state index contributed by atoms with van der Waals surface area (Å²) >= 11 is 0. The van der Waals surface area contributed by atoms with Crippen molar-refractivity contribution in [1.82, 2.24) is 0 Å². The van der Waals surface area contributed by atoms with Crippen LogP contribution in [0.1, 0.15) is 0 Å². The van der Waals surface area contributed by atoms with Crippen LogP contribution in [0.25, 0.3) is 0 Å². The van der Waals surface area contributed by atoms with E-state index in [0.717, 1.165) is 0 Å². The second-order valence-electron chi connectivity index (χ2n) is 3.64. The molecule has 2 rings (SSSR count). The molecule has 0 bridgehead atoms. The smallest absolute Gasteiger partial charge is 0.406 e. The van der Waals surface area contributed by atoms with Crippen LogP contribution in [0.15, 0.2) is 24.3 Å². The van der Waals surface area contributed by atoms with Gasteiger partial charge in [0.2, 0.25) is 0 Å². The Morgan fingerprint density at radius 1 is 1.33 bits per heavy atom. The van der Waals surface area contributed by atoms with Crippen LogP contribution in [-0.2, 0) is 9.53 Å². The first kappa shape index (κ1) is 12.7. The minimum absolute atomic E-state index is 0.0651. The number of halogens is 3. The van der Waals surface area contributed by atoms with Crippen LogP contribution in [0.5, 0.6) is 5.75 Å². The molecular formula is C11H10F3NO3. The standard InChI is InChI=1S/C11H10F3NO3/c12-11(13,14)18-9-3-1-2-8(6-9)15-4-5-17-7-10(15)16/h1-3,6H,4-5,7H2. The quantitative estimate of drug-likeness (QED) is 0.816. The largest absolute Gasteiger partial charge is 0.573 e. The molecule has 98 valence electrons. The molecule has 1 fully saturated rings. The average Bonchev–Trinajstić information content (AvgIpc) is 2.27. The van der Waals surface area contributed by atoms with Gasteiger partial charge in [-0.15, -0.1) is 13.2 Å². The third-order valence-electron chi connectivity index (χ3n) is 2.35. The summed E-state index contributed by atoms with van der Waals surface area (Å²) in [5.41, 5.74) is 0.366. The van der Waals surface area contributed by atoms with Crippen molar-refractivity contribution in [3.05, 3.63) is 24.3 Å². The molecule has 0 atom stereocenters. The maximum Gasteiger partial charge on any atom is 0.573 e. The van der Waals surface area contributed by atoms with E-state index in [2.05, 4.69) is 4.74 Å². The van der Waals surface area contributed by atoms with Crippen molar-refractivity contribution in [2.24, 2.45) is 0 Å². The van der Waals surface area contributed by atoms with E-state index in [1.54, 1.807) is 6.07 Å². The lowest BCUT2D eigenvalue weighted by Crippen LogP contribution is -2.41. The number of ether oxygens (including phenoxy) is 2. The molecule has 1 amide bonds. The van der Waals surface area contributed by atoms with E-state index >= 15 is 0 Å². The van der Waals surface area contributed by atoms with Gasteiger partial charge in [0.1, 0.15) is 12.4 Å². The Morgan fingerprint density at radius 3 is 2.78 bits per heavy atom. The predicted molar refractivity (Wildman–Crippen MR) is 56.3 cm³/mol. The number of anilines is 1. The topological polar surface area (TPSA) is 38.8 Å². The molecular weight excluding hydrogens is 251 g/mol. The van der Waals surface area contributed by atoms with Gasteiger partial charge in [0.05, 0.1) is 6.61 Å². The summed E-state index contributed by atoms with van der Waals surface area (Å²) in [6.45, 7) is 0.606. The van der Waals surface area contributed by atoms with E-state index in [4.69, 9.17) is 4.74 Å². The number of carbonyl (C=O) groups excluding carboxylic acids is 1. The van der Waals surface area contributed by atoms with E-state index in [1.807, 2.05) is 0 Å². The molecule has 1 saturated heterocycles. The minimum atomic E-state index is -4.74. The number of benzene rings is 1. The number of hydrogen-bond donors (Lipinski definition) is 0. The molecule has 1 aliphatic rings. The fourth-order valence-electron chi connectivity index (χ4n) is 1.64. The van der Waals surface area contributed by atoms with Gasteiger partial charge in [-0.2, -0.15) is 0 Å². The molecule has 0 aromatic heterocycles. The third-order valence-corrected chi connectivity index (χ3v) is 2.35. The molecule has 0 spiro atoms. The predicted octanol–water partition coefficient (Wildman–Crippen LogP) is 1.95. The van der Waals surface area contributed by atoms with Crippen molar-refractivity contribution in [2.75, 3.05) is 24.7 Å². The highest BCUT2D eigenvalue weighted by atomic mass is 19.4. The fraction of sp³-hybridized carbons (Fsp3) is 0.364. The SMILES string of the molecule is O=C1COCCN1c1cccc(OC(F)(F)F)c1. The zero-order valence-corrected chi connectivity index (χ0v) is 9.24. The highest BCUT2D eigenvalue weighted by Gasteiger charge is 2.31. The first-order chi connectivity index (χ1) is 8.46. The van der Waals surface area contributed by atoms with Crippen LogP contribution < -0.4 is 9.64 Å². The lowest BCUT2D eigenvalue weighted by atomic mass is 10.2. The van der Waals surface area contributed by atoms with Crippen molar-refractivity contribution >= 4 is 11.6 Å². The molecule has 1 aliphatic heterocycles. The van der Waals surface area contributed by atoms with Crippen LogP contribution in [0.3, 0.4) is 0 Å². The highest BCUT2D eigenvalue weighted by molar-refractivity contribution is 5.95. The van der Waals surface area contributed by atoms with E-state index < -0.39 is 6.36 Å². The number of carbonyl (C=O) groups is 1. The van der Waals surface area contributed by atoms with Crippen molar-refractivity contribution < 1.29 is 27.4 Å². The zero-order chi connectivity index (χ0) is 13.2. The Kier molecular flexibility index (Phi) is 3.42. The van der Waals surface area contributed by atoms with Gasteiger partial charge < -0.3 is 14.4 Å². The van der Waals surface area contributed by atoms with Crippen LogP contribution in [-0.4, -0.2) is 32.0 Å². The second kappa shape index (κ2) is 4.85. The summed E-state index contributed by atoms with van der Waals surface area (Å²) in [7, 11) is 0. The molecule has 0 N–H and O–H groups in total. The van der Waals surface area contributed by atoms with Crippen LogP contribution in [0.2, 0.25) is 0 Å². The Hall–Kier alpha value is -1.76. The molecule has 1 aromatic rings. The molecule has 0 aliphatic carbocycles. The molecule has 0 unspecified atom stereocenters. The van der Waals surface area contributed by atoms with E-state index in [1.165, 1.54) is 23.1 Å². The molecule has 0 saturated carbocycles. The van der Waals surface area contributed by atoms with E-state index in [-0.39, 0.29) is 18.3 Å². The Bertz CT molecular complexity index is 447. The van der Waals surface area contributed by atoms with Crippen molar-refractivity contribution in [2.45, 2.75) is 6.36 Å². The van der Waals surface area contributed by atoms with Gasteiger partial charge in [-0.25, -0.2) is 0 Å². The monoisotopic (exact) mass is 261 g/mol. The first-order valence-corrected chi connectivity index (χ1v) is 5.20. The average molecular weight is 261 g/mol. The van der Waals surface area contributed by atoms with Gasteiger partial charge in [0.15, 0.2) is 0 Å². The molecule has 4 nitrogen and oxygen atoms in total. The van der Waals surface area contributed by atoms with Gasteiger partial charge in [-0.1, -0.05) is 6.07 Å². The van der Waals surface area contributed by atoms with Crippen molar-refractivity contribution in [1.29, 1.82) is 0 Å². The van der Waals surface area contributed by atoms with Crippen LogP contribution in [0.4, 0.5) is 18.9 Å². The second-order valence-corrected chi connectivity index (χ2v) is 3.64. The number of morpholine rings is 1. The van der Waals surface area contributed by atoms with Gasteiger partial charge in [-0.3, -0.25) is 4.79 Å². The summed E-state index contributed by atoms with van der Waals surface area (Å²) in [4.78, 5) is 12.9.